The number of rotatable bonds is 2. The Bertz CT molecular complexity index is 1160. The molecule has 2 aromatic carbocycles. The van der Waals surface area contributed by atoms with Gasteiger partial charge in [-0.25, -0.2) is 0 Å². The van der Waals surface area contributed by atoms with Crippen molar-refractivity contribution in [3.8, 4) is 0 Å². The first-order valence-corrected chi connectivity index (χ1v) is 8.66. The number of Topliss-reactive ketones (excluding diaryl/α,β-unsaturated/α-hetero) is 1. The molecular formula is C21H18IN3O3. The maximum absolute atomic E-state index is 13.2. The lowest BCUT2D eigenvalue weighted by Crippen LogP contribution is -3.00. The summed E-state index contributed by atoms with van der Waals surface area (Å²) >= 11 is 0. The van der Waals surface area contributed by atoms with Gasteiger partial charge in [-0.2, -0.15) is 4.57 Å². The molecule has 0 saturated carbocycles. The van der Waals surface area contributed by atoms with E-state index in [1.165, 1.54) is 12.1 Å². The number of carbonyl (C=O) groups is 1. The van der Waals surface area contributed by atoms with E-state index < -0.39 is 4.92 Å². The van der Waals surface area contributed by atoms with Gasteiger partial charge in [0.1, 0.15) is 12.6 Å². The summed E-state index contributed by atoms with van der Waals surface area (Å²) in [6.07, 6.45) is 2.99. The van der Waals surface area contributed by atoms with Crippen LogP contribution in [-0.2, 0) is 13.5 Å². The number of ketones is 1. The van der Waals surface area contributed by atoms with Crippen LogP contribution in [0.1, 0.15) is 28.0 Å². The zero-order valence-electron chi connectivity index (χ0n) is 15.2. The molecule has 1 aromatic heterocycles. The number of nitrogen functional groups attached to an aromatic ring is 1. The van der Waals surface area contributed by atoms with Crippen LogP contribution in [0.15, 0.2) is 54.1 Å². The number of halogens is 1. The Morgan fingerprint density at radius 3 is 2.64 bits per heavy atom. The Kier molecular flexibility index (Phi) is 5.46. The highest BCUT2D eigenvalue weighted by molar-refractivity contribution is 6.18. The van der Waals surface area contributed by atoms with Crippen molar-refractivity contribution >= 4 is 34.1 Å². The number of nitro groups is 1. The van der Waals surface area contributed by atoms with Crippen LogP contribution >= 0.6 is 0 Å². The van der Waals surface area contributed by atoms with Gasteiger partial charge in [0.05, 0.1) is 16.0 Å². The Morgan fingerprint density at radius 1 is 1.14 bits per heavy atom. The van der Waals surface area contributed by atoms with Gasteiger partial charge >= 0.3 is 0 Å². The van der Waals surface area contributed by atoms with E-state index in [4.69, 9.17) is 5.73 Å². The largest absolute Gasteiger partial charge is 1.00 e. The topological polar surface area (TPSA) is 90.1 Å². The second kappa shape index (κ2) is 7.67. The summed E-state index contributed by atoms with van der Waals surface area (Å²) in [6, 6.07) is 14.0. The van der Waals surface area contributed by atoms with Crippen LogP contribution in [0.3, 0.4) is 0 Å². The predicted molar refractivity (Wildman–Crippen MR) is 103 cm³/mol. The molecule has 0 amide bonds. The molecule has 2 N–H and O–H groups in total. The van der Waals surface area contributed by atoms with Gasteiger partial charge in [-0.15, -0.1) is 0 Å². The number of allylic oxidation sites excluding steroid dienone is 1. The minimum atomic E-state index is -0.440. The molecule has 0 bridgehead atoms. The number of hydrogen-bond acceptors (Lipinski definition) is 4. The van der Waals surface area contributed by atoms with Crippen molar-refractivity contribution in [1.29, 1.82) is 0 Å². The molecule has 7 heteroatoms. The summed E-state index contributed by atoms with van der Waals surface area (Å²) in [7, 11) is 1.95. The molecule has 142 valence electrons. The molecular weight excluding hydrogens is 469 g/mol. The maximum atomic E-state index is 13.2. The fraction of sp³-hybridized carbons (Fsp3) is 0.143. The number of nitro benzene ring substituents is 1. The zero-order chi connectivity index (χ0) is 19.1. The lowest BCUT2D eigenvalue weighted by Gasteiger charge is -2.18. The van der Waals surface area contributed by atoms with Crippen LogP contribution in [0.5, 0.6) is 0 Å². The molecule has 0 unspecified atom stereocenters. The number of nitrogens with two attached hydrogens (primary N) is 1. The SMILES string of the molecule is C[n+]1c2c(c(N)c3ccccc31)C(=O)/C(=C\c1cccc([N+](=O)[O-])c1)CC2.[I-]. The number of fused-ring (bicyclic) bond motifs is 2. The average molecular weight is 487 g/mol. The number of benzene rings is 2. The first-order chi connectivity index (χ1) is 13.0. The number of aryl methyl sites for hydroxylation is 1. The van der Waals surface area contributed by atoms with Crippen molar-refractivity contribution in [2.24, 2.45) is 7.05 Å². The van der Waals surface area contributed by atoms with Crippen molar-refractivity contribution in [2.75, 3.05) is 5.73 Å². The van der Waals surface area contributed by atoms with Gasteiger partial charge in [0, 0.05) is 30.2 Å². The minimum Gasteiger partial charge on any atom is -1.00 e. The number of hydrogen-bond donors (Lipinski definition) is 1. The fourth-order valence-corrected chi connectivity index (χ4v) is 3.74. The van der Waals surface area contributed by atoms with Crippen molar-refractivity contribution in [3.05, 3.63) is 81.0 Å². The highest BCUT2D eigenvalue weighted by Crippen LogP contribution is 2.33. The number of carbonyl (C=O) groups excluding carboxylic acids is 1. The molecule has 0 atom stereocenters. The number of aromatic nitrogens is 1. The Balaban J connectivity index is 0.00000225. The molecule has 1 aliphatic rings. The molecule has 0 saturated heterocycles. The van der Waals surface area contributed by atoms with Crippen molar-refractivity contribution in [2.45, 2.75) is 12.8 Å². The third-order valence-electron chi connectivity index (χ3n) is 5.09. The zero-order valence-corrected chi connectivity index (χ0v) is 17.3. The smallest absolute Gasteiger partial charge is 0.270 e. The number of nitrogens with zero attached hydrogens (tertiary/aromatic N) is 2. The lowest BCUT2D eigenvalue weighted by molar-refractivity contribution is -0.653. The van der Waals surface area contributed by atoms with Crippen LogP contribution in [0, 0.1) is 10.1 Å². The highest BCUT2D eigenvalue weighted by Gasteiger charge is 2.32. The van der Waals surface area contributed by atoms with E-state index in [-0.39, 0.29) is 35.4 Å². The quantitative estimate of drug-likeness (QED) is 0.186. The van der Waals surface area contributed by atoms with E-state index in [2.05, 4.69) is 0 Å². The number of anilines is 1. The van der Waals surface area contributed by atoms with Crippen molar-refractivity contribution < 1.29 is 38.3 Å². The van der Waals surface area contributed by atoms with Crippen LogP contribution in [0.4, 0.5) is 11.4 Å². The van der Waals surface area contributed by atoms with Gasteiger partial charge < -0.3 is 29.7 Å². The van der Waals surface area contributed by atoms with Gasteiger partial charge in [-0.05, 0) is 24.1 Å². The lowest BCUT2D eigenvalue weighted by atomic mass is 9.86. The number of para-hydroxylation sites is 1. The van der Waals surface area contributed by atoms with E-state index in [0.29, 0.717) is 35.2 Å². The summed E-state index contributed by atoms with van der Waals surface area (Å²) < 4.78 is 2.03. The normalized spacial score (nSPS) is 14.6. The summed E-state index contributed by atoms with van der Waals surface area (Å²) in [6.45, 7) is 0. The van der Waals surface area contributed by atoms with Crippen molar-refractivity contribution in [3.63, 3.8) is 0 Å². The standard InChI is InChI=1S/C21H17N3O3.HI/c1-23-17-8-3-2-7-16(17)20(22)19-18(23)10-9-14(21(19)25)11-13-5-4-6-15(12-13)24(26)27;/h2-8,11-12,22H,9-10H2,1H3;1H/b14-11-;. The highest BCUT2D eigenvalue weighted by atomic mass is 127. The maximum Gasteiger partial charge on any atom is 0.270 e. The third-order valence-corrected chi connectivity index (χ3v) is 5.09. The van der Waals surface area contributed by atoms with E-state index in [0.717, 1.165) is 16.6 Å². The third kappa shape index (κ3) is 3.26. The molecule has 1 aliphatic carbocycles. The summed E-state index contributed by atoms with van der Waals surface area (Å²) in [5.74, 6) is -0.110. The fourth-order valence-electron chi connectivity index (χ4n) is 3.74. The van der Waals surface area contributed by atoms with E-state index in [1.807, 2.05) is 35.9 Å². The Hall–Kier alpha value is -2.81. The molecule has 3 aromatic rings. The van der Waals surface area contributed by atoms with Crippen molar-refractivity contribution in [1.82, 2.24) is 0 Å². The molecule has 0 radical (unpaired) electrons. The van der Waals surface area contributed by atoms with Gasteiger partial charge in [-0.3, -0.25) is 14.9 Å². The summed E-state index contributed by atoms with van der Waals surface area (Å²) in [4.78, 5) is 23.7. The molecule has 0 spiro atoms. The molecule has 4 rings (SSSR count). The van der Waals surface area contributed by atoms with Gasteiger partial charge in [0.15, 0.2) is 11.5 Å². The molecule has 0 aliphatic heterocycles. The Labute approximate surface area is 178 Å². The van der Waals surface area contributed by atoms with Crippen LogP contribution in [-0.4, -0.2) is 10.7 Å². The van der Waals surface area contributed by atoms with E-state index >= 15 is 0 Å². The first kappa shape index (κ1) is 19.9. The molecule has 28 heavy (non-hydrogen) atoms. The van der Waals surface area contributed by atoms with Crippen LogP contribution in [0.2, 0.25) is 0 Å². The second-order valence-corrected chi connectivity index (χ2v) is 6.66. The van der Waals surface area contributed by atoms with E-state index in [1.54, 1.807) is 18.2 Å². The monoisotopic (exact) mass is 487 g/mol. The Morgan fingerprint density at radius 2 is 1.89 bits per heavy atom. The number of pyridine rings is 1. The van der Waals surface area contributed by atoms with E-state index in [9.17, 15) is 14.9 Å². The second-order valence-electron chi connectivity index (χ2n) is 6.66. The summed E-state index contributed by atoms with van der Waals surface area (Å²) in [5.41, 5.74) is 10.6. The van der Waals surface area contributed by atoms with Crippen LogP contribution in [0.25, 0.3) is 17.0 Å². The molecule has 0 fully saturated rings. The molecule has 1 heterocycles. The molecule has 6 nitrogen and oxygen atoms in total. The van der Waals surface area contributed by atoms with Gasteiger partial charge in [-0.1, -0.05) is 24.3 Å². The van der Waals surface area contributed by atoms with Crippen LogP contribution < -0.4 is 34.3 Å². The predicted octanol–water partition coefficient (Wildman–Crippen LogP) is 0.371. The number of non-ortho nitro benzene ring substituents is 1. The first-order valence-electron chi connectivity index (χ1n) is 8.66. The minimum absolute atomic E-state index is 0. The average Bonchev–Trinajstić information content (AvgIpc) is 2.68. The summed E-state index contributed by atoms with van der Waals surface area (Å²) in [5, 5.41) is 11.8. The van der Waals surface area contributed by atoms with Gasteiger partial charge in [0.25, 0.3) is 5.69 Å². The van der Waals surface area contributed by atoms with Gasteiger partial charge in [0.2, 0.25) is 5.52 Å².